The van der Waals surface area contributed by atoms with E-state index in [1.165, 1.54) is 0 Å². The van der Waals surface area contributed by atoms with Crippen molar-refractivity contribution in [1.82, 2.24) is 5.32 Å². The Morgan fingerprint density at radius 3 is 2.00 bits per heavy atom. The molecule has 1 fully saturated rings. The summed E-state index contributed by atoms with van der Waals surface area (Å²) in [6.45, 7) is 7.66. The van der Waals surface area contributed by atoms with Crippen LogP contribution in [0.2, 0.25) is 0 Å². The van der Waals surface area contributed by atoms with Gasteiger partial charge >= 0.3 is 0 Å². The van der Waals surface area contributed by atoms with E-state index in [0.29, 0.717) is 5.92 Å². The van der Waals surface area contributed by atoms with Crippen LogP contribution in [-0.4, -0.2) is 39.8 Å². The van der Waals surface area contributed by atoms with Crippen molar-refractivity contribution in [3.8, 4) is 0 Å². The summed E-state index contributed by atoms with van der Waals surface area (Å²) in [5, 5.41) is 33.0. The van der Waals surface area contributed by atoms with E-state index in [9.17, 15) is 15.3 Å². The topological polar surface area (TPSA) is 72.7 Å². The highest BCUT2D eigenvalue weighted by molar-refractivity contribution is 4.83. The second-order valence-electron chi connectivity index (χ2n) is 6.55. The molecule has 4 N–H and O–H groups in total. The third-order valence-corrected chi connectivity index (χ3v) is 4.49. The summed E-state index contributed by atoms with van der Waals surface area (Å²) in [4.78, 5) is 0. The average molecular weight is 273 g/mol. The Kier molecular flexibility index (Phi) is 6.74. The average Bonchev–Trinajstić information content (AvgIpc) is 2.34. The smallest absolute Gasteiger partial charge is 0.108 e. The molecule has 5 unspecified atom stereocenters. The van der Waals surface area contributed by atoms with E-state index in [2.05, 4.69) is 5.32 Å². The molecule has 1 aliphatic carbocycles. The van der Waals surface area contributed by atoms with Crippen LogP contribution in [0.1, 0.15) is 53.4 Å². The summed E-state index contributed by atoms with van der Waals surface area (Å²) in [7, 11) is 0. The molecule has 0 saturated heterocycles. The monoisotopic (exact) mass is 273 g/mol. The lowest BCUT2D eigenvalue weighted by Gasteiger charge is -2.36. The molecule has 0 aromatic carbocycles. The molecule has 1 rings (SSSR count). The van der Waals surface area contributed by atoms with Crippen molar-refractivity contribution >= 4 is 0 Å². The summed E-state index contributed by atoms with van der Waals surface area (Å²) in [5.41, 5.74) is 0. The molecule has 4 nitrogen and oxygen atoms in total. The number of hydrogen-bond acceptors (Lipinski definition) is 4. The van der Waals surface area contributed by atoms with E-state index < -0.39 is 12.3 Å². The minimum absolute atomic E-state index is 0.0954. The molecular formula is C15H31NO3. The van der Waals surface area contributed by atoms with E-state index >= 15 is 0 Å². The lowest BCUT2D eigenvalue weighted by atomic mass is 9.78. The highest BCUT2D eigenvalue weighted by atomic mass is 16.3. The Balaban J connectivity index is 2.54. The Morgan fingerprint density at radius 1 is 0.947 bits per heavy atom. The van der Waals surface area contributed by atoms with Crippen molar-refractivity contribution in [2.75, 3.05) is 0 Å². The Hall–Kier alpha value is -0.160. The van der Waals surface area contributed by atoms with Gasteiger partial charge in [0.05, 0.1) is 12.2 Å². The molecule has 0 aliphatic heterocycles. The van der Waals surface area contributed by atoms with Crippen LogP contribution in [0.15, 0.2) is 0 Å². The number of aliphatic hydroxyl groups excluding tert-OH is 3. The summed E-state index contributed by atoms with van der Waals surface area (Å²) < 4.78 is 0. The molecule has 0 amide bonds. The van der Waals surface area contributed by atoms with Crippen LogP contribution in [-0.2, 0) is 0 Å². The lowest BCUT2D eigenvalue weighted by molar-refractivity contribution is -0.0105. The first-order chi connectivity index (χ1) is 8.82. The molecule has 4 heteroatoms. The molecule has 1 saturated carbocycles. The number of aliphatic hydroxyl groups is 3. The molecule has 0 heterocycles. The predicted octanol–water partition coefficient (Wildman–Crippen LogP) is 1.49. The highest BCUT2D eigenvalue weighted by Crippen LogP contribution is 2.32. The second kappa shape index (κ2) is 7.58. The maximum atomic E-state index is 10.3. The van der Waals surface area contributed by atoms with Crippen molar-refractivity contribution in [3.05, 3.63) is 0 Å². The standard InChI is InChI=1S/C15H31NO3/c1-9(2)14(11(4)18)16-15(19)13-7-5-6-12(8-13)10(3)17/h9-19H,5-8H2,1-4H3/t10?,11?,12?,13?,14-,15?/m1/s1. The Labute approximate surface area is 117 Å². The summed E-state index contributed by atoms with van der Waals surface area (Å²) in [6, 6.07) is -0.0954. The van der Waals surface area contributed by atoms with E-state index in [1.54, 1.807) is 6.92 Å². The van der Waals surface area contributed by atoms with Crippen molar-refractivity contribution < 1.29 is 15.3 Å². The van der Waals surface area contributed by atoms with Crippen LogP contribution < -0.4 is 5.32 Å². The molecule has 0 spiro atoms. The van der Waals surface area contributed by atoms with Crippen LogP contribution in [0.3, 0.4) is 0 Å². The van der Waals surface area contributed by atoms with Crippen molar-refractivity contribution in [3.63, 3.8) is 0 Å². The van der Waals surface area contributed by atoms with Crippen molar-refractivity contribution in [2.45, 2.75) is 77.9 Å². The first-order valence-corrected chi connectivity index (χ1v) is 7.63. The minimum atomic E-state index is -0.594. The molecular weight excluding hydrogens is 242 g/mol. The Bertz CT molecular complexity index is 248. The van der Waals surface area contributed by atoms with Crippen LogP contribution in [0.4, 0.5) is 0 Å². The van der Waals surface area contributed by atoms with E-state index in [0.717, 1.165) is 25.7 Å². The fraction of sp³-hybridized carbons (Fsp3) is 1.00. The lowest BCUT2D eigenvalue weighted by Crippen LogP contribution is -2.51. The normalized spacial score (nSPS) is 30.9. The van der Waals surface area contributed by atoms with E-state index in [1.807, 2.05) is 20.8 Å². The number of hydrogen-bond donors (Lipinski definition) is 4. The van der Waals surface area contributed by atoms with Gasteiger partial charge in [0, 0.05) is 6.04 Å². The third-order valence-electron chi connectivity index (χ3n) is 4.49. The molecule has 19 heavy (non-hydrogen) atoms. The third kappa shape index (κ3) is 5.03. The maximum absolute atomic E-state index is 10.3. The van der Waals surface area contributed by atoms with E-state index in [-0.39, 0.29) is 24.0 Å². The van der Waals surface area contributed by atoms with Gasteiger partial charge in [-0.05, 0) is 50.9 Å². The fourth-order valence-electron chi connectivity index (χ4n) is 3.21. The first kappa shape index (κ1) is 16.9. The van der Waals surface area contributed by atoms with Gasteiger partial charge in [-0.1, -0.05) is 20.3 Å². The van der Waals surface area contributed by atoms with Crippen LogP contribution in [0.25, 0.3) is 0 Å². The van der Waals surface area contributed by atoms with Crippen molar-refractivity contribution in [1.29, 1.82) is 0 Å². The van der Waals surface area contributed by atoms with Gasteiger partial charge in [-0.2, -0.15) is 0 Å². The van der Waals surface area contributed by atoms with Gasteiger partial charge in [0.25, 0.3) is 0 Å². The zero-order chi connectivity index (χ0) is 14.6. The summed E-state index contributed by atoms with van der Waals surface area (Å²) >= 11 is 0. The van der Waals surface area contributed by atoms with E-state index in [4.69, 9.17) is 0 Å². The molecule has 0 radical (unpaired) electrons. The number of nitrogens with one attached hydrogen (secondary N) is 1. The minimum Gasteiger partial charge on any atom is -0.393 e. The predicted molar refractivity (Wildman–Crippen MR) is 76.6 cm³/mol. The quantitative estimate of drug-likeness (QED) is 0.553. The molecule has 0 aromatic heterocycles. The Morgan fingerprint density at radius 2 is 1.53 bits per heavy atom. The number of rotatable bonds is 6. The first-order valence-electron chi connectivity index (χ1n) is 7.63. The zero-order valence-electron chi connectivity index (χ0n) is 12.7. The largest absolute Gasteiger partial charge is 0.393 e. The summed E-state index contributed by atoms with van der Waals surface area (Å²) in [6.07, 6.45) is 2.57. The summed E-state index contributed by atoms with van der Waals surface area (Å²) in [5.74, 6) is 0.735. The fourth-order valence-corrected chi connectivity index (χ4v) is 3.21. The molecule has 6 atom stereocenters. The van der Waals surface area contributed by atoms with Crippen LogP contribution in [0, 0.1) is 17.8 Å². The molecule has 1 aliphatic rings. The zero-order valence-corrected chi connectivity index (χ0v) is 12.7. The molecule has 0 aromatic rings. The van der Waals surface area contributed by atoms with Crippen LogP contribution in [0.5, 0.6) is 0 Å². The van der Waals surface area contributed by atoms with Crippen LogP contribution >= 0.6 is 0 Å². The van der Waals surface area contributed by atoms with Gasteiger partial charge in [0.1, 0.15) is 6.23 Å². The second-order valence-corrected chi connectivity index (χ2v) is 6.55. The maximum Gasteiger partial charge on any atom is 0.108 e. The molecule has 0 bridgehead atoms. The highest BCUT2D eigenvalue weighted by Gasteiger charge is 2.31. The van der Waals surface area contributed by atoms with Gasteiger partial charge < -0.3 is 15.3 Å². The van der Waals surface area contributed by atoms with Gasteiger partial charge in [0.15, 0.2) is 0 Å². The van der Waals surface area contributed by atoms with Crippen molar-refractivity contribution in [2.24, 2.45) is 17.8 Å². The SMILES string of the molecule is CC(O)C1CCCC(C(O)N[C@H](C(C)C)C(C)O)C1. The van der Waals surface area contributed by atoms with Gasteiger partial charge in [0.2, 0.25) is 0 Å². The molecule has 114 valence electrons. The van der Waals surface area contributed by atoms with Gasteiger partial charge in [-0.3, -0.25) is 5.32 Å². The van der Waals surface area contributed by atoms with Gasteiger partial charge in [-0.25, -0.2) is 0 Å². The van der Waals surface area contributed by atoms with Gasteiger partial charge in [-0.15, -0.1) is 0 Å².